The largest absolute Gasteiger partial charge is 0.0625 e. The Bertz CT molecular complexity index is 216. The minimum atomic E-state index is 0.948. The van der Waals surface area contributed by atoms with Crippen molar-refractivity contribution >= 4 is 0 Å². The van der Waals surface area contributed by atoms with Crippen molar-refractivity contribution in [2.75, 3.05) is 0 Å². The molecule has 3 fully saturated rings. The lowest BCUT2D eigenvalue weighted by Crippen LogP contribution is -2.22. The van der Waals surface area contributed by atoms with Crippen molar-refractivity contribution in [3.8, 4) is 0 Å². The first-order valence-electron chi connectivity index (χ1n) is 6.77. The van der Waals surface area contributed by atoms with E-state index in [0.717, 1.165) is 35.5 Å². The van der Waals surface area contributed by atoms with E-state index in [9.17, 15) is 0 Å². The van der Waals surface area contributed by atoms with Gasteiger partial charge in [0.05, 0.1) is 0 Å². The summed E-state index contributed by atoms with van der Waals surface area (Å²) in [6.07, 6.45) is 9.43. The van der Waals surface area contributed by atoms with Crippen LogP contribution in [0.2, 0.25) is 0 Å². The van der Waals surface area contributed by atoms with Crippen molar-refractivity contribution < 1.29 is 0 Å². The van der Waals surface area contributed by atoms with Crippen LogP contribution >= 0.6 is 0 Å². The SMILES string of the molecule is CC(C)C1CCC2CC3CCCC3C21. The second-order valence-electron chi connectivity index (χ2n) is 6.41. The summed E-state index contributed by atoms with van der Waals surface area (Å²) in [6, 6.07) is 0. The van der Waals surface area contributed by atoms with Gasteiger partial charge < -0.3 is 0 Å². The van der Waals surface area contributed by atoms with Crippen molar-refractivity contribution in [3.05, 3.63) is 0 Å². The molecule has 0 aliphatic heterocycles. The van der Waals surface area contributed by atoms with Crippen LogP contribution in [0.25, 0.3) is 0 Å². The van der Waals surface area contributed by atoms with Crippen LogP contribution in [0.3, 0.4) is 0 Å². The van der Waals surface area contributed by atoms with Crippen molar-refractivity contribution in [1.29, 1.82) is 0 Å². The molecule has 0 saturated heterocycles. The van der Waals surface area contributed by atoms with Crippen LogP contribution in [0, 0.1) is 35.5 Å². The van der Waals surface area contributed by atoms with Gasteiger partial charge in [-0.3, -0.25) is 0 Å². The minimum absolute atomic E-state index is 0.948. The van der Waals surface area contributed by atoms with Gasteiger partial charge in [-0.2, -0.15) is 0 Å². The lowest BCUT2D eigenvalue weighted by Gasteiger charge is -2.27. The molecule has 3 saturated carbocycles. The van der Waals surface area contributed by atoms with Gasteiger partial charge in [0.2, 0.25) is 0 Å². The Morgan fingerprint density at radius 3 is 2.57 bits per heavy atom. The van der Waals surface area contributed by atoms with E-state index in [1.165, 1.54) is 0 Å². The maximum absolute atomic E-state index is 2.45. The number of hydrogen-bond acceptors (Lipinski definition) is 0. The third kappa shape index (κ3) is 1.19. The Labute approximate surface area is 88.5 Å². The summed E-state index contributed by atoms with van der Waals surface area (Å²) in [5.41, 5.74) is 0. The molecular formula is C14H24. The fraction of sp³-hybridized carbons (Fsp3) is 1.00. The predicted octanol–water partition coefficient (Wildman–Crippen LogP) is 4.10. The Hall–Kier alpha value is 0. The van der Waals surface area contributed by atoms with Gasteiger partial charge in [0.25, 0.3) is 0 Å². The monoisotopic (exact) mass is 192 g/mol. The fourth-order valence-corrected chi connectivity index (χ4v) is 5.11. The van der Waals surface area contributed by atoms with Gasteiger partial charge in [0.15, 0.2) is 0 Å². The molecule has 0 radical (unpaired) electrons. The molecule has 80 valence electrons. The summed E-state index contributed by atoms with van der Waals surface area (Å²) in [6.45, 7) is 4.91. The normalized spacial score (nSPS) is 51.2. The van der Waals surface area contributed by atoms with Crippen LogP contribution < -0.4 is 0 Å². The summed E-state index contributed by atoms with van der Waals surface area (Å²) < 4.78 is 0. The van der Waals surface area contributed by atoms with Crippen molar-refractivity contribution in [3.63, 3.8) is 0 Å². The van der Waals surface area contributed by atoms with E-state index in [-0.39, 0.29) is 0 Å². The van der Waals surface area contributed by atoms with E-state index in [2.05, 4.69) is 13.8 Å². The molecule has 0 aromatic carbocycles. The standard InChI is InChI=1S/C14H24/c1-9(2)12-7-6-11-8-10-4-3-5-13(10)14(11)12/h9-14H,3-8H2,1-2H3. The highest BCUT2D eigenvalue weighted by Gasteiger charge is 2.51. The minimum Gasteiger partial charge on any atom is -0.0625 e. The smallest absolute Gasteiger partial charge is 0.0324 e. The molecule has 0 bridgehead atoms. The topological polar surface area (TPSA) is 0 Å². The zero-order chi connectivity index (χ0) is 9.71. The van der Waals surface area contributed by atoms with E-state index < -0.39 is 0 Å². The van der Waals surface area contributed by atoms with Crippen molar-refractivity contribution in [2.24, 2.45) is 35.5 Å². The zero-order valence-electron chi connectivity index (χ0n) is 9.71. The van der Waals surface area contributed by atoms with E-state index in [1.807, 2.05) is 0 Å². The van der Waals surface area contributed by atoms with Crippen LogP contribution in [-0.2, 0) is 0 Å². The van der Waals surface area contributed by atoms with Gasteiger partial charge in [-0.25, -0.2) is 0 Å². The molecule has 0 aromatic rings. The van der Waals surface area contributed by atoms with Gasteiger partial charge in [0, 0.05) is 0 Å². The molecular weight excluding hydrogens is 168 g/mol. The van der Waals surface area contributed by atoms with Gasteiger partial charge in [-0.15, -0.1) is 0 Å². The molecule has 3 rings (SSSR count). The third-order valence-electron chi connectivity index (χ3n) is 5.58. The van der Waals surface area contributed by atoms with E-state index >= 15 is 0 Å². The molecule has 0 N–H and O–H groups in total. The summed E-state index contributed by atoms with van der Waals surface area (Å²) in [7, 11) is 0. The molecule has 0 heterocycles. The van der Waals surface area contributed by atoms with Crippen LogP contribution in [-0.4, -0.2) is 0 Å². The molecule has 14 heavy (non-hydrogen) atoms. The quantitative estimate of drug-likeness (QED) is 0.586. The number of rotatable bonds is 1. The molecule has 0 amide bonds. The third-order valence-corrected chi connectivity index (χ3v) is 5.58. The summed E-state index contributed by atoms with van der Waals surface area (Å²) in [5, 5.41) is 0. The van der Waals surface area contributed by atoms with Crippen LogP contribution in [0.15, 0.2) is 0 Å². The number of fused-ring (bicyclic) bond motifs is 3. The second kappa shape index (κ2) is 3.25. The molecule has 0 heteroatoms. The molecule has 0 aromatic heterocycles. The van der Waals surface area contributed by atoms with Gasteiger partial charge in [-0.1, -0.05) is 26.7 Å². The Balaban J connectivity index is 1.81. The number of hydrogen-bond donors (Lipinski definition) is 0. The Morgan fingerprint density at radius 2 is 1.79 bits per heavy atom. The molecule has 3 aliphatic carbocycles. The first-order valence-corrected chi connectivity index (χ1v) is 6.77. The average Bonchev–Trinajstić information content (AvgIpc) is 2.70. The zero-order valence-corrected chi connectivity index (χ0v) is 9.71. The Kier molecular flexibility index (Phi) is 2.15. The average molecular weight is 192 g/mol. The first-order chi connectivity index (χ1) is 6.77. The van der Waals surface area contributed by atoms with E-state index in [4.69, 9.17) is 0 Å². The summed E-state index contributed by atoms with van der Waals surface area (Å²) in [5.74, 6) is 6.67. The van der Waals surface area contributed by atoms with E-state index in [1.54, 1.807) is 38.5 Å². The van der Waals surface area contributed by atoms with E-state index in [0.29, 0.717) is 0 Å². The highest BCUT2D eigenvalue weighted by atomic mass is 14.6. The summed E-state index contributed by atoms with van der Waals surface area (Å²) in [4.78, 5) is 0. The maximum Gasteiger partial charge on any atom is -0.0324 e. The van der Waals surface area contributed by atoms with Gasteiger partial charge >= 0.3 is 0 Å². The molecule has 5 unspecified atom stereocenters. The lowest BCUT2D eigenvalue weighted by molar-refractivity contribution is 0.207. The molecule has 3 aliphatic rings. The molecule has 0 spiro atoms. The second-order valence-corrected chi connectivity index (χ2v) is 6.41. The van der Waals surface area contributed by atoms with Gasteiger partial charge in [-0.05, 0) is 61.2 Å². The highest BCUT2D eigenvalue weighted by Crippen LogP contribution is 2.59. The van der Waals surface area contributed by atoms with Crippen LogP contribution in [0.4, 0.5) is 0 Å². The lowest BCUT2D eigenvalue weighted by atomic mass is 9.77. The predicted molar refractivity (Wildman–Crippen MR) is 60.0 cm³/mol. The van der Waals surface area contributed by atoms with Crippen LogP contribution in [0.1, 0.15) is 52.4 Å². The fourth-order valence-electron chi connectivity index (χ4n) is 5.11. The first kappa shape index (κ1) is 9.24. The molecule has 5 atom stereocenters. The van der Waals surface area contributed by atoms with Crippen molar-refractivity contribution in [1.82, 2.24) is 0 Å². The summed E-state index contributed by atoms with van der Waals surface area (Å²) >= 11 is 0. The highest BCUT2D eigenvalue weighted by molar-refractivity contribution is 5.00. The van der Waals surface area contributed by atoms with Crippen LogP contribution in [0.5, 0.6) is 0 Å². The van der Waals surface area contributed by atoms with Crippen molar-refractivity contribution in [2.45, 2.75) is 52.4 Å². The Morgan fingerprint density at radius 1 is 0.929 bits per heavy atom. The molecule has 0 nitrogen and oxygen atoms in total. The van der Waals surface area contributed by atoms with Gasteiger partial charge in [0.1, 0.15) is 0 Å². The maximum atomic E-state index is 2.45.